The van der Waals surface area contributed by atoms with Gasteiger partial charge in [-0.1, -0.05) is 13.8 Å². The molecule has 0 aliphatic carbocycles. The van der Waals surface area contributed by atoms with Crippen LogP contribution in [-0.4, -0.2) is 12.6 Å². The van der Waals surface area contributed by atoms with Crippen molar-refractivity contribution in [3.8, 4) is 0 Å². The summed E-state index contributed by atoms with van der Waals surface area (Å²) in [5.74, 6) is 0.525. The van der Waals surface area contributed by atoms with Gasteiger partial charge in [-0.15, -0.1) is 0 Å². The van der Waals surface area contributed by atoms with Gasteiger partial charge in [0, 0.05) is 6.54 Å². The Bertz CT molecular complexity index is 54.4. The molecule has 3 heteroatoms. The maximum Gasteiger partial charge on any atom is 0.110 e. The summed E-state index contributed by atoms with van der Waals surface area (Å²) in [6, 6.07) is 0. The molecule has 0 radical (unpaired) electrons. The molecule has 0 saturated heterocycles. The molecule has 8 heavy (non-hydrogen) atoms. The van der Waals surface area contributed by atoms with E-state index >= 15 is 0 Å². The van der Waals surface area contributed by atoms with Crippen molar-refractivity contribution in [3.05, 3.63) is 0 Å². The van der Waals surface area contributed by atoms with Crippen LogP contribution in [0.1, 0.15) is 13.8 Å². The van der Waals surface area contributed by atoms with Crippen LogP contribution in [0.15, 0.2) is 0 Å². The van der Waals surface area contributed by atoms with Gasteiger partial charge in [0.05, 0.1) is 6.10 Å². The molecule has 2 nitrogen and oxygen atoms in total. The van der Waals surface area contributed by atoms with E-state index < -0.39 is 0 Å². The van der Waals surface area contributed by atoms with Crippen molar-refractivity contribution >= 4 is 23.0 Å². The molecule has 0 rings (SSSR count). The molecular weight excluding hydrogens is 217 g/mol. The zero-order valence-corrected chi connectivity index (χ0v) is 7.38. The molecule has 1 unspecified atom stereocenters. The number of halogens is 1. The van der Waals surface area contributed by atoms with E-state index in [1.807, 2.05) is 23.0 Å². The van der Waals surface area contributed by atoms with Crippen LogP contribution in [0.25, 0.3) is 0 Å². The highest BCUT2D eigenvalue weighted by molar-refractivity contribution is 14.1. The summed E-state index contributed by atoms with van der Waals surface area (Å²) in [6.45, 7) is 4.80. The Morgan fingerprint density at radius 1 is 1.62 bits per heavy atom. The van der Waals surface area contributed by atoms with Gasteiger partial charge in [0.1, 0.15) is 23.0 Å². The first kappa shape index (κ1) is 8.65. The zero-order chi connectivity index (χ0) is 6.57. The van der Waals surface area contributed by atoms with Gasteiger partial charge in [-0.25, -0.2) is 0 Å². The first-order valence-corrected chi connectivity index (χ1v) is 3.58. The zero-order valence-electron chi connectivity index (χ0n) is 5.23. The summed E-state index contributed by atoms with van der Waals surface area (Å²) in [4.78, 5) is 0. The lowest BCUT2D eigenvalue weighted by Crippen LogP contribution is -2.25. The molecule has 0 heterocycles. The lowest BCUT2D eigenvalue weighted by atomic mass is 10.1. The van der Waals surface area contributed by atoms with Gasteiger partial charge in [0.25, 0.3) is 0 Å². The fraction of sp³-hybridized carbons (Fsp3) is 1.00. The van der Waals surface area contributed by atoms with Crippen molar-refractivity contribution in [2.45, 2.75) is 20.0 Å². The second-order valence-corrected chi connectivity index (χ2v) is 2.62. The SMILES string of the molecule is CC(C)C(CN)OI. The Kier molecular flexibility index (Phi) is 4.89. The van der Waals surface area contributed by atoms with Crippen molar-refractivity contribution in [3.63, 3.8) is 0 Å². The van der Waals surface area contributed by atoms with Crippen LogP contribution in [0.5, 0.6) is 0 Å². The second kappa shape index (κ2) is 4.52. The van der Waals surface area contributed by atoms with Crippen LogP contribution < -0.4 is 5.73 Å². The molecule has 0 aliphatic heterocycles. The van der Waals surface area contributed by atoms with Crippen LogP contribution >= 0.6 is 23.0 Å². The molecule has 0 spiro atoms. The first-order valence-electron chi connectivity index (χ1n) is 2.69. The van der Waals surface area contributed by atoms with E-state index in [0.717, 1.165) is 0 Å². The Morgan fingerprint density at radius 3 is 2.12 bits per heavy atom. The van der Waals surface area contributed by atoms with Crippen LogP contribution in [0.3, 0.4) is 0 Å². The minimum Gasteiger partial charge on any atom is -0.328 e. The molecule has 0 saturated carbocycles. The maximum absolute atomic E-state index is 5.35. The fourth-order valence-electron chi connectivity index (χ4n) is 0.411. The third kappa shape index (κ3) is 2.84. The standard InChI is InChI=1S/C5H12INO/c1-4(2)5(3-7)8-6/h4-5H,3,7H2,1-2H3. The predicted molar refractivity (Wildman–Crippen MR) is 42.8 cm³/mol. The molecule has 0 aliphatic rings. The second-order valence-electron chi connectivity index (χ2n) is 2.11. The third-order valence-corrected chi connectivity index (χ3v) is 1.74. The van der Waals surface area contributed by atoms with E-state index in [9.17, 15) is 0 Å². The highest BCUT2D eigenvalue weighted by atomic mass is 127. The number of hydrogen-bond donors (Lipinski definition) is 1. The number of hydrogen-bond acceptors (Lipinski definition) is 2. The maximum atomic E-state index is 5.35. The van der Waals surface area contributed by atoms with E-state index in [-0.39, 0.29) is 6.10 Å². The largest absolute Gasteiger partial charge is 0.328 e. The van der Waals surface area contributed by atoms with Crippen LogP contribution in [0, 0.1) is 5.92 Å². The summed E-state index contributed by atoms with van der Waals surface area (Å²) in [7, 11) is 0. The fourth-order valence-corrected chi connectivity index (χ4v) is 1.21. The van der Waals surface area contributed by atoms with Crippen LogP contribution in [0.4, 0.5) is 0 Å². The quantitative estimate of drug-likeness (QED) is 0.741. The predicted octanol–water partition coefficient (Wildman–Crippen LogP) is 1.34. The number of nitrogens with two attached hydrogens (primary N) is 1. The molecular formula is C5H12INO. The third-order valence-electron chi connectivity index (χ3n) is 1.09. The van der Waals surface area contributed by atoms with E-state index in [0.29, 0.717) is 12.5 Å². The Balaban J connectivity index is 3.35. The molecule has 1 atom stereocenters. The monoisotopic (exact) mass is 229 g/mol. The summed E-state index contributed by atoms with van der Waals surface area (Å²) >= 11 is 1.88. The molecule has 50 valence electrons. The van der Waals surface area contributed by atoms with Crippen molar-refractivity contribution < 1.29 is 3.07 Å². The lowest BCUT2D eigenvalue weighted by molar-refractivity contribution is 0.224. The van der Waals surface area contributed by atoms with E-state index in [2.05, 4.69) is 13.8 Å². The highest BCUT2D eigenvalue weighted by Gasteiger charge is 2.08. The summed E-state index contributed by atoms with van der Waals surface area (Å²) in [5, 5.41) is 0. The first-order chi connectivity index (χ1) is 3.72. The Morgan fingerprint density at radius 2 is 2.12 bits per heavy atom. The molecule has 2 N–H and O–H groups in total. The Labute approximate surface area is 64.5 Å². The summed E-state index contributed by atoms with van der Waals surface area (Å²) in [5.41, 5.74) is 5.35. The van der Waals surface area contributed by atoms with Gasteiger partial charge >= 0.3 is 0 Å². The smallest absolute Gasteiger partial charge is 0.110 e. The topological polar surface area (TPSA) is 35.2 Å². The number of rotatable bonds is 3. The van der Waals surface area contributed by atoms with E-state index in [1.54, 1.807) is 0 Å². The van der Waals surface area contributed by atoms with Gasteiger partial charge in [-0.2, -0.15) is 0 Å². The summed E-state index contributed by atoms with van der Waals surface area (Å²) < 4.78 is 5.01. The van der Waals surface area contributed by atoms with Gasteiger partial charge in [0.2, 0.25) is 0 Å². The molecule has 0 fully saturated rings. The minimum atomic E-state index is 0.218. The van der Waals surface area contributed by atoms with Crippen LogP contribution in [0.2, 0.25) is 0 Å². The van der Waals surface area contributed by atoms with Crippen molar-refractivity contribution in [1.82, 2.24) is 0 Å². The molecule has 0 aromatic heterocycles. The average Bonchev–Trinajstić information content (AvgIpc) is 1.69. The van der Waals surface area contributed by atoms with Crippen molar-refractivity contribution in [2.24, 2.45) is 11.7 Å². The average molecular weight is 229 g/mol. The minimum absolute atomic E-state index is 0.218. The van der Waals surface area contributed by atoms with Crippen LogP contribution in [-0.2, 0) is 3.07 Å². The molecule has 0 bridgehead atoms. The lowest BCUT2D eigenvalue weighted by Gasteiger charge is -2.13. The van der Waals surface area contributed by atoms with Gasteiger partial charge in [0.15, 0.2) is 0 Å². The van der Waals surface area contributed by atoms with Gasteiger partial charge in [-0.3, -0.25) is 0 Å². The molecule has 0 amide bonds. The van der Waals surface area contributed by atoms with Gasteiger partial charge < -0.3 is 8.80 Å². The normalized spacial score (nSPS) is 14.6. The molecule has 0 aromatic rings. The van der Waals surface area contributed by atoms with Gasteiger partial charge in [-0.05, 0) is 5.92 Å². The summed E-state index contributed by atoms with van der Waals surface area (Å²) in [6.07, 6.45) is 0.218. The Hall–Kier alpha value is 0.650. The van der Waals surface area contributed by atoms with Crippen molar-refractivity contribution in [2.75, 3.05) is 6.54 Å². The highest BCUT2D eigenvalue weighted by Crippen LogP contribution is 2.07. The van der Waals surface area contributed by atoms with E-state index in [4.69, 9.17) is 8.80 Å². The van der Waals surface area contributed by atoms with Crippen molar-refractivity contribution in [1.29, 1.82) is 0 Å². The molecule has 0 aromatic carbocycles. The van der Waals surface area contributed by atoms with E-state index in [1.165, 1.54) is 0 Å².